The monoisotopic (exact) mass is 949 g/mol. The summed E-state index contributed by atoms with van der Waals surface area (Å²) in [5.74, 6) is -1.60. The van der Waals surface area contributed by atoms with Gasteiger partial charge in [-0.1, -0.05) is 85.6 Å². The van der Waals surface area contributed by atoms with Gasteiger partial charge in [0.15, 0.2) is 0 Å². The number of piperidine rings is 1. The van der Waals surface area contributed by atoms with Crippen molar-refractivity contribution in [2.75, 3.05) is 29.9 Å². The maximum atomic E-state index is 16.3. The molecule has 4 N–H and O–H groups in total. The number of urea groups is 1. The Morgan fingerprint density at radius 3 is 2.43 bits per heavy atom. The van der Waals surface area contributed by atoms with E-state index in [1.54, 1.807) is 35.4 Å². The number of halogens is 3. The molecule has 2 saturated carbocycles. The number of fused-ring (bicyclic) bond motifs is 4. The highest BCUT2D eigenvalue weighted by Crippen LogP contribution is 2.63. The van der Waals surface area contributed by atoms with Gasteiger partial charge in [0, 0.05) is 77.2 Å². The van der Waals surface area contributed by atoms with E-state index in [4.69, 9.17) is 23.2 Å². The molecule has 1 aromatic heterocycles. The van der Waals surface area contributed by atoms with Gasteiger partial charge in [-0.3, -0.25) is 39.7 Å². The first-order chi connectivity index (χ1) is 32.5. The first-order valence-corrected chi connectivity index (χ1v) is 25.1. The maximum Gasteiger partial charge on any atom is 0.328 e. The van der Waals surface area contributed by atoms with Crippen LogP contribution in [0.1, 0.15) is 119 Å². The molecule has 2 spiro atoms. The van der Waals surface area contributed by atoms with Crippen molar-refractivity contribution in [2.45, 2.75) is 132 Å². The molecule has 3 saturated heterocycles. The van der Waals surface area contributed by atoms with Gasteiger partial charge < -0.3 is 15.5 Å². The fourth-order valence-electron chi connectivity index (χ4n) is 12.8. The Morgan fingerprint density at radius 1 is 0.866 bits per heavy atom. The molecule has 12 nitrogen and oxygen atoms in total. The smallest absolute Gasteiger partial charge is 0.328 e. The van der Waals surface area contributed by atoms with Gasteiger partial charge in [0.1, 0.15) is 11.2 Å². The standard InChI is InChI=1S/C52H58Cl2FN7O5/c53-35-14-18-39-41(28-35)58-49(66)52(39)44(38-9-6-10-40(54)45(38)55)46(60-51(52)22-4-1-5-23-51)47(64)57-36-15-12-33(13-16-36)48(65)61-24-19-31(20-25-61)7-2-3-8-32-11-17-37-34(27-32)29-56-30-42(37)62-26-21-43(63)59-50(62)67/h6,9-11,14,17-18,27-31,33,36,44,46,60H,1-5,7-8,12-13,15-16,19-26H2,(H,57,64)(H,58,66)(H,59,63,67)/t33?,36?,44-,46+,52+/m0/s1. The van der Waals surface area contributed by atoms with Crippen molar-refractivity contribution in [3.05, 3.63) is 99.5 Å². The largest absolute Gasteiger partial charge is 0.352 e. The van der Waals surface area contributed by atoms with E-state index in [0.29, 0.717) is 67.4 Å². The number of imide groups is 1. The highest BCUT2D eigenvalue weighted by Gasteiger charge is 2.72. The molecule has 6 aliphatic rings. The third-order valence-corrected chi connectivity index (χ3v) is 16.7. The number of hydrogen-bond donors (Lipinski definition) is 4. The third kappa shape index (κ3) is 8.36. The number of nitrogens with zero attached hydrogens (tertiary/aromatic N) is 3. The van der Waals surface area contributed by atoms with E-state index in [-0.39, 0.29) is 52.6 Å². The summed E-state index contributed by atoms with van der Waals surface area (Å²) >= 11 is 12.9. The molecule has 4 aliphatic heterocycles. The molecule has 4 aromatic rings. The Balaban J connectivity index is 0.728. The van der Waals surface area contributed by atoms with Crippen LogP contribution in [0.3, 0.4) is 0 Å². The minimum absolute atomic E-state index is 0.0601. The molecule has 0 radical (unpaired) electrons. The van der Waals surface area contributed by atoms with Crippen LogP contribution in [-0.4, -0.2) is 76.8 Å². The van der Waals surface area contributed by atoms with Gasteiger partial charge in [0.05, 0.1) is 22.9 Å². The molecule has 0 bridgehead atoms. The van der Waals surface area contributed by atoms with Gasteiger partial charge in [-0.2, -0.15) is 0 Å². The molecule has 0 unspecified atom stereocenters. The summed E-state index contributed by atoms with van der Waals surface area (Å²) in [5.41, 5.74) is 1.38. The van der Waals surface area contributed by atoms with Crippen LogP contribution in [0.4, 0.5) is 20.6 Å². The molecular weight excluding hydrogens is 893 g/mol. The van der Waals surface area contributed by atoms with E-state index < -0.39 is 34.8 Å². The molecule has 6 amide bonds. The summed E-state index contributed by atoms with van der Waals surface area (Å²) < 4.78 is 16.3. The highest BCUT2D eigenvalue weighted by atomic mass is 35.5. The average molecular weight is 951 g/mol. The van der Waals surface area contributed by atoms with Gasteiger partial charge in [-0.05, 0) is 111 Å². The van der Waals surface area contributed by atoms with Crippen molar-refractivity contribution in [3.63, 3.8) is 0 Å². The number of aryl methyl sites for hydroxylation is 1. The van der Waals surface area contributed by atoms with Crippen LogP contribution in [0.5, 0.6) is 0 Å². The lowest BCUT2D eigenvalue weighted by atomic mass is 9.55. The van der Waals surface area contributed by atoms with Crippen molar-refractivity contribution >= 4 is 75.0 Å². The summed E-state index contributed by atoms with van der Waals surface area (Å²) in [5, 5.41) is 14.8. The lowest BCUT2D eigenvalue weighted by molar-refractivity contribution is -0.138. The lowest BCUT2D eigenvalue weighted by Gasteiger charge is -2.47. The van der Waals surface area contributed by atoms with Gasteiger partial charge in [0.25, 0.3) is 0 Å². The van der Waals surface area contributed by atoms with E-state index in [9.17, 15) is 24.0 Å². The SMILES string of the molecule is O=C1CCN(c2cncc3cc(CCCCC4CCN(C(=O)C5CCC(NC(=O)[C@@H]6NC7(CCCCC7)[C@@]7(C(=O)Nc8cc(Cl)ccc87)[C@H]6c6cccc(Cl)c6F)CC5)CC4)ccc23)C(=O)N1. The van der Waals surface area contributed by atoms with Crippen LogP contribution in [-0.2, 0) is 31.0 Å². The van der Waals surface area contributed by atoms with E-state index >= 15 is 4.39 Å². The van der Waals surface area contributed by atoms with E-state index in [2.05, 4.69) is 43.3 Å². The summed E-state index contributed by atoms with van der Waals surface area (Å²) in [6, 6.07) is 15.0. The predicted molar refractivity (Wildman–Crippen MR) is 257 cm³/mol. The van der Waals surface area contributed by atoms with Crippen LogP contribution >= 0.6 is 23.2 Å². The number of carbonyl (C=O) groups excluding carboxylic acids is 5. The van der Waals surface area contributed by atoms with Crippen molar-refractivity contribution < 1.29 is 28.4 Å². The van der Waals surface area contributed by atoms with Crippen LogP contribution in [0, 0.1) is 17.7 Å². The lowest BCUT2D eigenvalue weighted by Crippen LogP contribution is -2.60. The topological polar surface area (TPSA) is 153 Å². The van der Waals surface area contributed by atoms with Crippen LogP contribution < -0.4 is 26.2 Å². The molecular formula is C52H58Cl2FN7O5. The zero-order chi connectivity index (χ0) is 46.5. The summed E-state index contributed by atoms with van der Waals surface area (Å²) in [6.45, 7) is 1.87. The first-order valence-electron chi connectivity index (χ1n) is 24.4. The minimum atomic E-state index is -1.29. The third-order valence-electron chi connectivity index (χ3n) is 16.1. The van der Waals surface area contributed by atoms with Crippen LogP contribution in [0.25, 0.3) is 10.8 Å². The number of aromatic nitrogens is 1. The molecule has 10 rings (SSSR count). The zero-order valence-electron chi connectivity index (χ0n) is 37.7. The Hall–Kier alpha value is -5.11. The second-order valence-corrected chi connectivity index (χ2v) is 20.7. The number of pyridine rings is 1. The van der Waals surface area contributed by atoms with E-state index in [1.165, 1.54) is 11.6 Å². The van der Waals surface area contributed by atoms with Gasteiger partial charge in [0.2, 0.25) is 23.6 Å². The fraction of sp³-hybridized carbons (Fsp3) is 0.500. The maximum absolute atomic E-state index is 16.3. The average Bonchev–Trinajstić information content (AvgIpc) is 3.78. The number of carbonyl (C=O) groups is 5. The second-order valence-electron chi connectivity index (χ2n) is 19.9. The summed E-state index contributed by atoms with van der Waals surface area (Å²) in [6.07, 6.45) is 16.7. The number of amides is 6. The Kier molecular flexibility index (Phi) is 12.8. The number of rotatable bonds is 10. The van der Waals surface area contributed by atoms with E-state index in [1.807, 2.05) is 18.3 Å². The van der Waals surface area contributed by atoms with Crippen molar-refractivity contribution in [1.29, 1.82) is 0 Å². The highest BCUT2D eigenvalue weighted by molar-refractivity contribution is 6.31. The minimum Gasteiger partial charge on any atom is -0.352 e. The fourth-order valence-corrected chi connectivity index (χ4v) is 13.2. The van der Waals surface area contributed by atoms with Gasteiger partial charge in [-0.25, -0.2) is 9.18 Å². The van der Waals surface area contributed by atoms with Crippen molar-refractivity contribution in [2.24, 2.45) is 11.8 Å². The second kappa shape index (κ2) is 18.8. The first kappa shape index (κ1) is 45.7. The molecule has 2 aliphatic carbocycles. The molecule has 67 heavy (non-hydrogen) atoms. The Bertz CT molecular complexity index is 2610. The van der Waals surface area contributed by atoms with E-state index in [0.717, 1.165) is 87.2 Å². The number of nitrogens with one attached hydrogen (secondary N) is 4. The Morgan fingerprint density at radius 2 is 1.66 bits per heavy atom. The zero-order valence-corrected chi connectivity index (χ0v) is 39.2. The Labute approximate surface area is 400 Å². The van der Waals surface area contributed by atoms with Crippen molar-refractivity contribution in [1.82, 2.24) is 25.8 Å². The van der Waals surface area contributed by atoms with Crippen LogP contribution in [0.15, 0.2) is 67.0 Å². The van der Waals surface area contributed by atoms with Gasteiger partial charge >= 0.3 is 6.03 Å². The number of benzene rings is 3. The molecule has 352 valence electrons. The van der Waals surface area contributed by atoms with Gasteiger partial charge in [-0.15, -0.1) is 0 Å². The normalized spacial score (nSPS) is 26.2. The number of hydrogen-bond acceptors (Lipinski definition) is 7. The molecule has 3 aromatic carbocycles. The molecule has 15 heteroatoms. The number of anilines is 2. The number of likely N-dealkylation sites (tertiary alicyclic amines) is 1. The quantitative estimate of drug-likeness (QED) is 0.116. The van der Waals surface area contributed by atoms with Crippen molar-refractivity contribution in [3.8, 4) is 0 Å². The summed E-state index contributed by atoms with van der Waals surface area (Å²) in [4.78, 5) is 75.5. The molecule has 5 fully saturated rings. The predicted octanol–water partition coefficient (Wildman–Crippen LogP) is 9.10. The summed E-state index contributed by atoms with van der Waals surface area (Å²) in [7, 11) is 0. The molecule has 3 atom stereocenters. The van der Waals surface area contributed by atoms with Crippen LogP contribution in [0.2, 0.25) is 10.0 Å². The number of unbranched alkanes of at least 4 members (excludes halogenated alkanes) is 1. The molecule has 5 heterocycles.